The smallest absolute Gasteiger partial charge is 0.243 e. The van der Waals surface area contributed by atoms with E-state index in [0.717, 1.165) is 49.8 Å². The van der Waals surface area contributed by atoms with Crippen molar-refractivity contribution in [1.29, 1.82) is 0 Å². The third-order valence-corrected chi connectivity index (χ3v) is 9.17. The zero-order chi connectivity index (χ0) is 27.0. The van der Waals surface area contributed by atoms with Crippen LogP contribution in [0.1, 0.15) is 63.1 Å². The van der Waals surface area contributed by atoms with Crippen LogP contribution in [0.15, 0.2) is 77.8 Å². The van der Waals surface area contributed by atoms with Crippen LogP contribution in [0.4, 0.5) is 4.39 Å². The molecule has 38 heavy (non-hydrogen) atoms. The first-order valence-corrected chi connectivity index (χ1v) is 15.1. The van der Waals surface area contributed by atoms with Gasteiger partial charge >= 0.3 is 0 Å². The van der Waals surface area contributed by atoms with E-state index in [1.807, 2.05) is 30.2 Å². The number of hydrogen-bond donors (Lipinski definition) is 0. The molecule has 8 heteroatoms. The number of rotatable bonds is 12. The van der Waals surface area contributed by atoms with Crippen LogP contribution >= 0.6 is 0 Å². The number of carbonyl (C=O) groups excluding carboxylic acids is 1. The number of unbranched alkanes of at least 4 members (excludes halogenated alkanes) is 1. The van der Waals surface area contributed by atoms with Crippen LogP contribution in [-0.2, 0) is 27.9 Å². The van der Waals surface area contributed by atoms with Gasteiger partial charge in [-0.1, -0.05) is 62.9 Å². The van der Waals surface area contributed by atoms with Gasteiger partial charge in [0.2, 0.25) is 15.9 Å². The van der Waals surface area contributed by atoms with Crippen LogP contribution in [0.2, 0.25) is 0 Å². The maximum absolute atomic E-state index is 13.9. The number of hydrogen-bond acceptors (Lipinski definition) is 3. The Kier molecular flexibility index (Phi) is 9.74. The van der Waals surface area contributed by atoms with Gasteiger partial charge in [-0.3, -0.25) is 4.79 Å². The molecule has 0 unspecified atom stereocenters. The molecule has 0 radical (unpaired) electrons. The predicted molar refractivity (Wildman–Crippen MR) is 147 cm³/mol. The van der Waals surface area contributed by atoms with Crippen molar-refractivity contribution in [1.82, 2.24) is 13.8 Å². The van der Waals surface area contributed by atoms with Gasteiger partial charge in [-0.05, 0) is 61.2 Å². The largest absolute Gasteiger partial charge is 0.345 e. The minimum atomic E-state index is -3.80. The Morgan fingerprint density at radius 2 is 1.68 bits per heavy atom. The van der Waals surface area contributed by atoms with E-state index in [-0.39, 0.29) is 29.2 Å². The molecule has 1 aromatic heterocycles. The highest BCUT2D eigenvalue weighted by Crippen LogP contribution is 2.26. The van der Waals surface area contributed by atoms with Crippen molar-refractivity contribution in [2.24, 2.45) is 0 Å². The lowest BCUT2D eigenvalue weighted by atomic mass is 9.94. The summed E-state index contributed by atoms with van der Waals surface area (Å²) in [6, 6.07) is 18.8. The van der Waals surface area contributed by atoms with E-state index in [0.29, 0.717) is 26.1 Å². The van der Waals surface area contributed by atoms with Crippen LogP contribution in [0, 0.1) is 5.82 Å². The first-order valence-electron chi connectivity index (χ1n) is 13.6. The summed E-state index contributed by atoms with van der Waals surface area (Å²) >= 11 is 0. The molecule has 2 aromatic carbocycles. The van der Waals surface area contributed by atoms with Gasteiger partial charge in [-0.25, -0.2) is 12.8 Å². The van der Waals surface area contributed by atoms with E-state index in [2.05, 4.69) is 4.57 Å². The average molecular weight is 540 g/mol. The molecule has 0 N–H and O–H groups in total. The Labute approximate surface area is 226 Å². The minimum Gasteiger partial charge on any atom is -0.345 e. The van der Waals surface area contributed by atoms with Crippen molar-refractivity contribution in [3.63, 3.8) is 0 Å². The number of carbonyl (C=O) groups is 1. The Morgan fingerprint density at radius 1 is 0.974 bits per heavy atom. The molecule has 1 heterocycles. The molecular weight excluding hydrogens is 501 g/mol. The van der Waals surface area contributed by atoms with Crippen LogP contribution in [0.25, 0.3) is 0 Å². The number of nitrogens with zero attached hydrogens (tertiary/aromatic N) is 3. The molecule has 0 atom stereocenters. The summed E-state index contributed by atoms with van der Waals surface area (Å²) in [4.78, 5) is 16.0. The van der Waals surface area contributed by atoms with Crippen LogP contribution in [0.3, 0.4) is 0 Å². The molecule has 3 aromatic rings. The molecule has 1 amide bonds. The van der Waals surface area contributed by atoms with Gasteiger partial charge in [0.1, 0.15) is 5.82 Å². The Hall–Kier alpha value is -2.97. The molecule has 0 spiro atoms. The summed E-state index contributed by atoms with van der Waals surface area (Å²) < 4.78 is 43.8. The third kappa shape index (κ3) is 7.11. The summed E-state index contributed by atoms with van der Waals surface area (Å²) in [5.74, 6) is -0.435. The number of sulfonamides is 1. The normalized spacial score (nSPS) is 14.6. The highest BCUT2D eigenvalue weighted by molar-refractivity contribution is 7.89. The fraction of sp³-hybridized carbons (Fsp3) is 0.433. The van der Waals surface area contributed by atoms with E-state index < -0.39 is 10.0 Å². The van der Waals surface area contributed by atoms with E-state index >= 15 is 0 Å². The van der Waals surface area contributed by atoms with E-state index in [1.54, 1.807) is 42.5 Å². The first-order chi connectivity index (χ1) is 18.4. The molecule has 4 rings (SSSR count). The van der Waals surface area contributed by atoms with Crippen LogP contribution in [-0.4, -0.2) is 47.2 Å². The lowest BCUT2D eigenvalue weighted by molar-refractivity contribution is -0.135. The topological polar surface area (TPSA) is 62.6 Å². The second-order valence-electron chi connectivity index (χ2n) is 10.1. The quantitative estimate of drug-likeness (QED) is 0.291. The fourth-order valence-electron chi connectivity index (χ4n) is 5.12. The van der Waals surface area contributed by atoms with Crippen molar-refractivity contribution < 1.29 is 17.6 Å². The van der Waals surface area contributed by atoms with E-state index in [1.165, 1.54) is 16.4 Å². The van der Waals surface area contributed by atoms with Gasteiger partial charge in [0.25, 0.3) is 0 Å². The van der Waals surface area contributed by atoms with E-state index in [4.69, 9.17) is 0 Å². The maximum atomic E-state index is 13.9. The second kappa shape index (κ2) is 13.2. The summed E-state index contributed by atoms with van der Waals surface area (Å²) in [5, 5.41) is 0. The molecule has 6 nitrogen and oxygen atoms in total. The molecule has 0 aliphatic heterocycles. The first kappa shape index (κ1) is 28.0. The molecule has 204 valence electrons. The number of halogens is 1. The van der Waals surface area contributed by atoms with Gasteiger partial charge in [0.15, 0.2) is 0 Å². The lowest BCUT2D eigenvalue weighted by Crippen LogP contribution is -2.47. The monoisotopic (exact) mass is 539 g/mol. The summed E-state index contributed by atoms with van der Waals surface area (Å²) in [5.41, 5.74) is 1.94. The van der Waals surface area contributed by atoms with E-state index in [9.17, 15) is 17.6 Å². The van der Waals surface area contributed by atoms with Gasteiger partial charge in [-0.15, -0.1) is 0 Å². The second-order valence-corrected chi connectivity index (χ2v) is 12.0. The number of benzene rings is 2. The van der Waals surface area contributed by atoms with Crippen molar-refractivity contribution in [3.8, 4) is 0 Å². The number of amides is 1. The van der Waals surface area contributed by atoms with Crippen LogP contribution in [0.5, 0.6) is 0 Å². The van der Waals surface area contributed by atoms with Crippen molar-refractivity contribution in [2.45, 2.75) is 75.9 Å². The highest BCUT2D eigenvalue weighted by Gasteiger charge is 2.31. The lowest BCUT2D eigenvalue weighted by Gasteiger charge is -2.36. The molecule has 1 aliphatic rings. The molecule has 1 aliphatic carbocycles. The van der Waals surface area contributed by atoms with Gasteiger partial charge < -0.3 is 9.47 Å². The Morgan fingerprint density at radius 3 is 2.37 bits per heavy atom. The van der Waals surface area contributed by atoms with Crippen molar-refractivity contribution >= 4 is 15.9 Å². The highest BCUT2D eigenvalue weighted by atomic mass is 32.2. The molecular formula is C30H38FN3O3S. The maximum Gasteiger partial charge on any atom is 0.243 e. The van der Waals surface area contributed by atoms with Crippen molar-refractivity contribution in [2.75, 3.05) is 13.1 Å². The Bertz CT molecular complexity index is 1270. The molecule has 0 saturated heterocycles. The number of aromatic nitrogens is 1. The summed E-state index contributed by atoms with van der Waals surface area (Å²) in [6.45, 7) is 3.12. The molecule has 0 bridgehead atoms. The zero-order valence-corrected chi connectivity index (χ0v) is 23.0. The van der Waals surface area contributed by atoms with Gasteiger partial charge in [0, 0.05) is 31.0 Å². The third-order valence-electron chi connectivity index (χ3n) is 7.31. The van der Waals surface area contributed by atoms with Gasteiger partial charge in [-0.2, -0.15) is 4.31 Å². The molecule has 1 fully saturated rings. The van der Waals surface area contributed by atoms with Crippen LogP contribution < -0.4 is 0 Å². The van der Waals surface area contributed by atoms with Gasteiger partial charge in [0.05, 0.1) is 18.0 Å². The minimum absolute atomic E-state index is 0.0814. The predicted octanol–water partition coefficient (Wildman–Crippen LogP) is 5.83. The standard InChI is InChI=1S/C30H38FN3O3S/c1-2-3-21-33(38(36,37)29-14-8-5-9-15-29)24-30(35)34(27-11-6-4-7-12-27)23-28-13-10-20-32(28)22-25-16-18-26(31)19-17-25/h5,8-10,13-20,27H,2-4,6-7,11-12,21-24H2,1H3. The summed E-state index contributed by atoms with van der Waals surface area (Å²) in [6.07, 6.45) is 8.61. The SMILES string of the molecule is CCCCN(CC(=O)N(Cc1cccn1Cc1ccc(F)cc1)C1CCCCC1)S(=O)(=O)c1ccccc1. The molecule has 1 saturated carbocycles. The average Bonchev–Trinajstić information content (AvgIpc) is 3.38. The Balaban J connectivity index is 1.57. The zero-order valence-electron chi connectivity index (χ0n) is 22.1. The van der Waals surface area contributed by atoms with Crippen molar-refractivity contribution in [3.05, 3.63) is 90.0 Å². The fourth-order valence-corrected chi connectivity index (χ4v) is 6.57. The summed E-state index contributed by atoms with van der Waals surface area (Å²) in [7, 11) is -3.80.